The number of pyridine rings is 1. The molecule has 0 aliphatic rings. The Balaban J connectivity index is 1.74. The summed E-state index contributed by atoms with van der Waals surface area (Å²) in [5, 5.41) is 4.30. The molecule has 2 aromatic heterocycles. The van der Waals surface area contributed by atoms with Gasteiger partial charge < -0.3 is 14.5 Å². The predicted molar refractivity (Wildman–Crippen MR) is 76.1 cm³/mol. The van der Waals surface area contributed by atoms with E-state index in [1.54, 1.807) is 25.1 Å². The lowest BCUT2D eigenvalue weighted by Crippen LogP contribution is -2.18. The molecule has 0 unspecified atom stereocenters. The quantitative estimate of drug-likeness (QED) is 0.594. The van der Waals surface area contributed by atoms with E-state index in [4.69, 9.17) is 9.15 Å². The van der Waals surface area contributed by atoms with Gasteiger partial charge in [-0.05, 0) is 23.8 Å². The van der Waals surface area contributed by atoms with E-state index in [2.05, 4.69) is 16.4 Å². The van der Waals surface area contributed by atoms with Gasteiger partial charge in [-0.3, -0.25) is 0 Å². The molecule has 0 aliphatic heterocycles. The van der Waals surface area contributed by atoms with Gasteiger partial charge >= 0.3 is 0 Å². The van der Waals surface area contributed by atoms with E-state index in [1.165, 1.54) is 5.56 Å². The fraction of sp³-hybridized carbons (Fsp3) is 0.357. The molecular formula is C14H18N2O2S. The SMILES string of the molecule is COCCNCc1ccc(SCc2ccco2)nc1. The molecule has 0 fully saturated rings. The largest absolute Gasteiger partial charge is 0.468 e. The van der Waals surface area contributed by atoms with E-state index in [9.17, 15) is 0 Å². The van der Waals surface area contributed by atoms with Crippen LogP contribution in [0.25, 0.3) is 0 Å². The van der Waals surface area contributed by atoms with Crippen molar-refractivity contribution in [3.8, 4) is 0 Å². The Bertz CT molecular complexity index is 457. The molecule has 2 heterocycles. The number of ether oxygens (including phenoxy) is 1. The van der Waals surface area contributed by atoms with Crippen LogP contribution in [-0.4, -0.2) is 25.2 Å². The summed E-state index contributed by atoms with van der Waals surface area (Å²) in [5.74, 6) is 1.78. The van der Waals surface area contributed by atoms with Crippen molar-refractivity contribution >= 4 is 11.8 Å². The van der Waals surface area contributed by atoms with Crippen molar-refractivity contribution < 1.29 is 9.15 Å². The molecule has 102 valence electrons. The number of aromatic nitrogens is 1. The van der Waals surface area contributed by atoms with Crippen LogP contribution in [0.3, 0.4) is 0 Å². The van der Waals surface area contributed by atoms with Gasteiger partial charge in [0.25, 0.3) is 0 Å². The summed E-state index contributed by atoms with van der Waals surface area (Å²) >= 11 is 1.67. The van der Waals surface area contributed by atoms with Crippen LogP contribution >= 0.6 is 11.8 Å². The van der Waals surface area contributed by atoms with Gasteiger partial charge in [0.2, 0.25) is 0 Å². The maximum Gasteiger partial charge on any atom is 0.114 e. The lowest BCUT2D eigenvalue weighted by Gasteiger charge is -2.04. The molecule has 0 saturated heterocycles. The fourth-order valence-corrected chi connectivity index (χ4v) is 2.29. The molecule has 2 rings (SSSR count). The maximum absolute atomic E-state index is 5.28. The first-order chi connectivity index (χ1) is 9.38. The molecule has 19 heavy (non-hydrogen) atoms. The zero-order valence-corrected chi connectivity index (χ0v) is 11.8. The van der Waals surface area contributed by atoms with Gasteiger partial charge in [-0.2, -0.15) is 0 Å². The third kappa shape index (κ3) is 5.06. The highest BCUT2D eigenvalue weighted by atomic mass is 32.2. The van der Waals surface area contributed by atoms with Gasteiger partial charge in [0, 0.05) is 26.4 Å². The summed E-state index contributed by atoms with van der Waals surface area (Å²) in [5.41, 5.74) is 1.18. The van der Waals surface area contributed by atoms with Crippen LogP contribution in [0.5, 0.6) is 0 Å². The molecule has 0 radical (unpaired) electrons. The molecular weight excluding hydrogens is 260 g/mol. The van der Waals surface area contributed by atoms with Crippen LogP contribution in [-0.2, 0) is 17.0 Å². The molecule has 4 nitrogen and oxygen atoms in total. The molecule has 0 aliphatic carbocycles. The van der Waals surface area contributed by atoms with Gasteiger partial charge in [-0.1, -0.05) is 17.8 Å². The van der Waals surface area contributed by atoms with Crippen molar-refractivity contribution in [3.05, 3.63) is 48.0 Å². The van der Waals surface area contributed by atoms with Crippen molar-refractivity contribution in [2.24, 2.45) is 0 Å². The van der Waals surface area contributed by atoms with Crippen molar-refractivity contribution in [2.75, 3.05) is 20.3 Å². The third-order valence-corrected chi connectivity index (χ3v) is 3.52. The maximum atomic E-state index is 5.28. The first kappa shape index (κ1) is 14.1. The van der Waals surface area contributed by atoms with Crippen LogP contribution in [0, 0.1) is 0 Å². The van der Waals surface area contributed by atoms with Crippen molar-refractivity contribution in [1.82, 2.24) is 10.3 Å². The number of furan rings is 1. The highest BCUT2D eigenvalue weighted by Crippen LogP contribution is 2.20. The molecule has 1 N–H and O–H groups in total. The van der Waals surface area contributed by atoms with Crippen molar-refractivity contribution in [2.45, 2.75) is 17.3 Å². The monoisotopic (exact) mass is 278 g/mol. The molecule has 2 aromatic rings. The van der Waals surface area contributed by atoms with E-state index < -0.39 is 0 Å². The van der Waals surface area contributed by atoms with Gasteiger partial charge in [0.15, 0.2) is 0 Å². The number of hydrogen-bond acceptors (Lipinski definition) is 5. The Morgan fingerprint density at radius 1 is 1.37 bits per heavy atom. The Kier molecular flexibility index (Phi) is 5.94. The van der Waals surface area contributed by atoms with E-state index in [1.807, 2.05) is 24.4 Å². The van der Waals surface area contributed by atoms with Crippen LogP contribution < -0.4 is 5.32 Å². The zero-order valence-electron chi connectivity index (χ0n) is 11.0. The van der Waals surface area contributed by atoms with Crippen molar-refractivity contribution in [3.63, 3.8) is 0 Å². The van der Waals surface area contributed by atoms with Gasteiger partial charge in [0.1, 0.15) is 5.76 Å². The molecule has 5 heteroatoms. The first-order valence-corrected chi connectivity index (χ1v) is 7.17. The smallest absolute Gasteiger partial charge is 0.114 e. The van der Waals surface area contributed by atoms with Gasteiger partial charge in [-0.25, -0.2) is 4.98 Å². The average Bonchev–Trinajstić information content (AvgIpc) is 2.96. The third-order valence-electron chi connectivity index (χ3n) is 2.55. The van der Waals surface area contributed by atoms with Gasteiger partial charge in [-0.15, -0.1) is 0 Å². The molecule has 0 aromatic carbocycles. The van der Waals surface area contributed by atoms with E-state index in [-0.39, 0.29) is 0 Å². The Hall–Kier alpha value is -1.30. The Morgan fingerprint density at radius 3 is 3.00 bits per heavy atom. The van der Waals surface area contributed by atoms with E-state index in [0.29, 0.717) is 0 Å². The number of hydrogen-bond donors (Lipinski definition) is 1. The molecule has 0 atom stereocenters. The predicted octanol–water partition coefficient (Wildman–Crippen LogP) is 2.70. The second-order valence-corrected chi connectivity index (χ2v) is 5.04. The number of thioether (sulfide) groups is 1. The second-order valence-electron chi connectivity index (χ2n) is 4.04. The van der Waals surface area contributed by atoms with E-state index >= 15 is 0 Å². The zero-order chi connectivity index (χ0) is 13.3. The molecule has 0 amide bonds. The summed E-state index contributed by atoms with van der Waals surface area (Å²) in [6.45, 7) is 2.40. The minimum absolute atomic E-state index is 0.727. The first-order valence-electron chi connectivity index (χ1n) is 6.18. The van der Waals surface area contributed by atoms with E-state index in [0.717, 1.165) is 36.2 Å². The fourth-order valence-electron chi connectivity index (χ4n) is 1.55. The standard InChI is InChI=1S/C14H18N2O2S/c1-17-8-6-15-9-12-4-5-14(16-10-12)19-11-13-3-2-7-18-13/h2-5,7,10,15H,6,8-9,11H2,1H3. The average molecular weight is 278 g/mol. The lowest BCUT2D eigenvalue weighted by atomic mass is 10.3. The summed E-state index contributed by atoms with van der Waals surface area (Å²) in [4.78, 5) is 4.43. The van der Waals surface area contributed by atoms with Crippen LogP contribution in [0.2, 0.25) is 0 Å². The highest BCUT2D eigenvalue weighted by Gasteiger charge is 2.00. The summed E-state index contributed by atoms with van der Waals surface area (Å²) in [6.07, 6.45) is 3.60. The van der Waals surface area contributed by atoms with Crippen LogP contribution in [0.15, 0.2) is 46.2 Å². The second kappa shape index (κ2) is 7.99. The normalized spacial score (nSPS) is 10.8. The summed E-state index contributed by atoms with van der Waals surface area (Å²) in [7, 11) is 1.70. The lowest BCUT2D eigenvalue weighted by molar-refractivity contribution is 0.199. The summed E-state index contributed by atoms with van der Waals surface area (Å²) in [6, 6.07) is 8.01. The topological polar surface area (TPSA) is 47.3 Å². The highest BCUT2D eigenvalue weighted by molar-refractivity contribution is 7.98. The Morgan fingerprint density at radius 2 is 2.32 bits per heavy atom. The number of nitrogens with zero attached hydrogens (tertiary/aromatic N) is 1. The number of methoxy groups -OCH3 is 1. The van der Waals surface area contributed by atoms with Crippen LogP contribution in [0.4, 0.5) is 0 Å². The van der Waals surface area contributed by atoms with Crippen molar-refractivity contribution in [1.29, 1.82) is 0 Å². The number of nitrogens with one attached hydrogen (secondary N) is 1. The minimum atomic E-state index is 0.727. The number of rotatable bonds is 8. The minimum Gasteiger partial charge on any atom is -0.468 e. The summed E-state index contributed by atoms with van der Waals surface area (Å²) < 4.78 is 10.3. The van der Waals surface area contributed by atoms with Crippen LogP contribution in [0.1, 0.15) is 11.3 Å². The van der Waals surface area contributed by atoms with Gasteiger partial charge in [0.05, 0.1) is 23.6 Å². The Labute approximate surface area is 117 Å². The molecule has 0 bridgehead atoms. The molecule has 0 spiro atoms. The molecule has 0 saturated carbocycles.